The van der Waals surface area contributed by atoms with Crippen LogP contribution in [0.3, 0.4) is 0 Å². The van der Waals surface area contributed by atoms with Crippen molar-refractivity contribution in [1.29, 1.82) is 0 Å². The predicted molar refractivity (Wildman–Crippen MR) is 83.6 cm³/mol. The summed E-state index contributed by atoms with van der Waals surface area (Å²) in [5, 5.41) is 3.85. The molecule has 1 saturated carbocycles. The van der Waals surface area contributed by atoms with Crippen LogP contribution in [0, 0.1) is 17.7 Å². The van der Waals surface area contributed by atoms with Gasteiger partial charge < -0.3 is 11.1 Å². The number of hydrogen-bond donors (Lipinski definition) is 2. The standard InChI is InChI=1S/C16H24ClFN2/c1-11(2)12-3-5-16(10-19,6-4-12)20-15-8-13(17)7-14(18)9-15/h7-9,11-12,20H,3-6,10,19H2,1-2H3. The molecule has 0 spiro atoms. The third kappa shape index (κ3) is 3.64. The Morgan fingerprint density at radius 1 is 1.35 bits per heavy atom. The van der Waals surface area contributed by atoms with Crippen molar-refractivity contribution in [2.45, 2.75) is 45.1 Å². The predicted octanol–water partition coefficient (Wildman–Crippen LogP) is 4.43. The van der Waals surface area contributed by atoms with Crippen molar-refractivity contribution >= 4 is 17.3 Å². The summed E-state index contributed by atoms with van der Waals surface area (Å²) < 4.78 is 13.4. The zero-order valence-corrected chi connectivity index (χ0v) is 13.0. The molecule has 1 aromatic carbocycles. The van der Waals surface area contributed by atoms with Gasteiger partial charge in [-0.3, -0.25) is 0 Å². The molecule has 0 aromatic heterocycles. The van der Waals surface area contributed by atoms with Crippen LogP contribution in [0.5, 0.6) is 0 Å². The number of anilines is 1. The molecule has 2 nitrogen and oxygen atoms in total. The molecule has 1 aromatic rings. The van der Waals surface area contributed by atoms with Gasteiger partial charge in [0.25, 0.3) is 0 Å². The number of rotatable bonds is 4. The van der Waals surface area contributed by atoms with Crippen LogP contribution in [0.25, 0.3) is 0 Å². The van der Waals surface area contributed by atoms with Crippen molar-refractivity contribution in [3.05, 3.63) is 29.0 Å². The SMILES string of the molecule is CC(C)C1CCC(CN)(Nc2cc(F)cc(Cl)c2)CC1. The first kappa shape index (κ1) is 15.6. The number of nitrogens with two attached hydrogens (primary N) is 1. The van der Waals surface area contributed by atoms with Gasteiger partial charge in [-0.2, -0.15) is 0 Å². The second kappa shape index (κ2) is 6.31. The average molecular weight is 299 g/mol. The molecule has 2 rings (SSSR count). The normalized spacial score (nSPS) is 26.8. The zero-order valence-electron chi connectivity index (χ0n) is 12.3. The Bertz CT molecular complexity index is 434. The highest BCUT2D eigenvalue weighted by Crippen LogP contribution is 2.37. The van der Waals surface area contributed by atoms with Crippen LogP contribution in [0.2, 0.25) is 5.02 Å². The van der Waals surface area contributed by atoms with Gasteiger partial charge in [0.2, 0.25) is 0 Å². The minimum absolute atomic E-state index is 0.123. The van der Waals surface area contributed by atoms with Crippen molar-refractivity contribution in [3.63, 3.8) is 0 Å². The van der Waals surface area contributed by atoms with E-state index < -0.39 is 0 Å². The van der Waals surface area contributed by atoms with E-state index in [0.29, 0.717) is 11.6 Å². The first-order chi connectivity index (χ1) is 9.44. The molecule has 3 N–H and O–H groups in total. The Kier molecular flexibility index (Phi) is 4.92. The van der Waals surface area contributed by atoms with Crippen LogP contribution in [-0.4, -0.2) is 12.1 Å². The van der Waals surface area contributed by atoms with Gasteiger partial charge >= 0.3 is 0 Å². The highest BCUT2D eigenvalue weighted by atomic mass is 35.5. The average Bonchev–Trinajstić information content (AvgIpc) is 2.38. The molecule has 4 heteroatoms. The number of benzene rings is 1. The van der Waals surface area contributed by atoms with Crippen LogP contribution < -0.4 is 11.1 Å². The van der Waals surface area contributed by atoms with E-state index in [0.717, 1.165) is 30.4 Å². The van der Waals surface area contributed by atoms with Crippen molar-refractivity contribution < 1.29 is 4.39 Å². The van der Waals surface area contributed by atoms with Gasteiger partial charge in [-0.1, -0.05) is 25.4 Å². The number of nitrogens with one attached hydrogen (secondary N) is 1. The molecule has 20 heavy (non-hydrogen) atoms. The molecule has 112 valence electrons. The summed E-state index contributed by atoms with van der Waals surface area (Å²) in [6, 6.07) is 4.56. The summed E-state index contributed by atoms with van der Waals surface area (Å²) in [5.41, 5.74) is 6.60. The van der Waals surface area contributed by atoms with E-state index in [-0.39, 0.29) is 11.4 Å². The maximum Gasteiger partial charge on any atom is 0.126 e. The zero-order chi connectivity index (χ0) is 14.8. The van der Waals surface area contributed by atoms with Gasteiger partial charge in [0.05, 0.1) is 0 Å². The lowest BCUT2D eigenvalue weighted by atomic mass is 9.72. The highest BCUT2D eigenvalue weighted by molar-refractivity contribution is 6.30. The van der Waals surface area contributed by atoms with Crippen LogP contribution in [0.4, 0.5) is 10.1 Å². The summed E-state index contributed by atoms with van der Waals surface area (Å²) in [7, 11) is 0. The lowest BCUT2D eigenvalue weighted by molar-refractivity contribution is 0.213. The largest absolute Gasteiger partial charge is 0.378 e. The molecule has 0 amide bonds. The monoisotopic (exact) mass is 298 g/mol. The molecule has 0 radical (unpaired) electrons. The molecular formula is C16H24ClFN2. The second-order valence-corrected chi connectivity index (χ2v) is 6.79. The first-order valence-electron chi connectivity index (χ1n) is 7.38. The Labute approximate surface area is 125 Å². The van der Waals surface area contributed by atoms with Crippen LogP contribution in [0.1, 0.15) is 39.5 Å². The molecule has 1 fully saturated rings. The molecular weight excluding hydrogens is 275 g/mol. The molecule has 0 atom stereocenters. The maximum absolute atomic E-state index is 13.4. The molecule has 0 unspecified atom stereocenters. The molecule has 0 bridgehead atoms. The first-order valence-corrected chi connectivity index (χ1v) is 7.76. The third-order valence-corrected chi connectivity index (χ3v) is 4.81. The quantitative estimate of drug-likeness (QED) is 0.862. The molecule has 0 saturated heterocycles. The summed E-state index contributed by atoms with van der Waals surface area (Å²) in [4.78, 5) is 0. The van der Waals surface area contributed by atoms with E-state index in [9.17, 15) is 4.39 Å². The van der Waals surface area contributed by atoms with Crippen molar-refractivity contribution in [1.82, 2.24) is 0 Å². The van der Waals surface area contributed by atoms with Gasteiger partial charge in [-0.15, -0.1) is 0 Å². The lowest BCUT2D eigenvalue weighted by Gasteiger charge is -2.42. The van der Waals surface area contributed by atoms with Gasteiger partial charge in [-0.25, -0.2) is 4.39 Å². The summed E-state index contributed by atoms with van der Waals surface area (Å²) in [6.07, 6.45) is 4.40. The highest BCUT2D eigenvalue weighted by Gasteiger charge is 2.35. The summed E-state index contributed by atoms with van der Waals surface area (Å²) >= 11 is 5.91. The maximum atomic E-state index is 13.4. The van der Waals surface area contributed by atoms with Crippen molar-refractivity contribution in [2.75, 3.05) is 11.9 Å². The Morgan fingerprint density at radius 3 is 2.50 bits per heavy atom. The minimum atomic E-state index is -0.317. The van der Waals surface area contributed by atoms with Crippen molar-refractivity contribution in [2.24, 2.45) is 17.6 Å². The van der Waals surface area contributed by atoms with E-state index in [4.69, 9.17) is 17.3 Å². The Balaban J connectivity index is 2.09. The van der Waals surface area contributed by atoms with Gasteiger partial charge in [-0.05, 0) is 55.7 Å². The second-order valence-electron chi connectivity index (χ2n) is 6.35. The minimum Gasteiger partial charge on any atom is -0.378 e. The van der Waals surface area contributed by atoms with E-state index in [2.05, 4.69) is 19.2 Å². The molecule has 0 aliphatic heterocycles. The van der Waals surface area contributed by atoms with Crippen LogP contribution in [-0.2, 0) is 0 Å². The smallest absolute Gasteiger partial charge is 0.126 e. The van der Waals surface area contributed by atoms with Gasteiger partial charge in [0, 0.05) is 22.8 Å². The van der Waals surface area contributed by atoms with E-state index in [1.165, 1.54) is 25.0 Å². The molecule has 0 heterocycles. The Hall–Kier alpha value is -0.800. The van der Waals surface area contributed by atoms with Crippen LogP contribution >= 0.6 is 11.6 Å². The van der Waals surface area contributed by atoms with Crippen molar-refractivity contribution in [3.8, 4) is 0 Å². The fourth-order valence-corrected chi connectivity index (χ4v) is 3.39. The van der Waals surface area contributed by atoms with E-state index >= 15 is 0 Å². The fraction of sp³-hybridized carbons (Fsp3) is 0.625. The fourth-order valence-electron chi connectivity index (χ4n) is 3.17. The van der Waals surface area contributed by atoms with Crippen LogP contribution in [0.15, 0.2) is 18.2 Å². The lowest BCUT2D eigenvalue weighted by Crippen LogP contribution is -2.48. The third-order valence-electron chi connectivity index (χ3n) is 4.59. The molecule has 1 aliphatic rings. The summed E-state index contributed by atoms with van der Waals surface area (Å²) in [6.45, 7) is 5.12. The summed E-state index contributed by atoms with van der Waals surface area (Å²) in [5.74, 6) is 1.17. The Morgan fingerprint density at radius 2 is 2.00 bits per heavy atom. The number of hydrogen-bond acceptors (Lipinski definition) is 2. The van der Waals surface area contributed by atoms with Gasteiger partial charge in [0.15, 0.2) is 0 Å². The molecule has 1 aliphatic carbocycles. The topological polar surface area (TPSA) is 38.0 Å². The van der Waals surface area contributed by atoms with E-state index in [1.54, 1.807) is 6.07 Å². The number of halogens is 2. The van der Waals surface area contributed by atoms with Gasteiger partial charge in [0.1, 0.15) is 5.82 Å². The van der Waals surface area contributed by atoms with E-state index in [1.807, 2.05) is 0 Å².